The molecule has 0 aromatic heterocycles. The van der Waals surface area contributed by atoms with Crippen LogP contribution < -0.4 is 21.3 Å². The molecule has 23 heteroatoms. The number of allylic oxidation sites excluding steroid dienone is 2. The summed E-state index contributed by atoms with van der Waals surface area (Å²) in [5.41, 5.74) is 0. The maximum atomic E-state index is 15.1. The Morgan fingerprint density at radius 2 is 0.857 bits per heavy atom. The number of hydrogen-bond donors (Lipinski definition) is 5. The van der Waals surface area contributed by atoms with Gasteiger partial charge >= 0.3 is 0 Å². The van der Waals surface area contributed by atoms with Gasteiger partial charge in [0.15, 0.2) is 0 Å². The lowest BCUT2D eigenvalue weighted by molar-refractivity contribution is -0.157. The highest BCUT2D eigenvalue weighted by Gasteiger charge is 2.46. The summed E-state index contributed by atoms with van der Waals surface area (Å²) in [7, 11) is 9.92. The molecule has 1 heterocycles. The molecule has 0 aliphatic carbocycles. The Morgan fingerprint density at radius 3 is 1.29 bits per heavy atom. The lowest BCUT2D eigenvalue weighted by atomic mass is 9.91. The average molecular weight is 1290 g/mol. The van der Waals surface area contributed by atoms with E-state index in [1.807, 2.05) is 61.5 Å². The van der Waals surface area contributed by atoms with Crippen molar-refractivity contribution in [3.63, 3.8) is 0 Å². The summed E-state index contributed by atoms with van der Waals surface area (Å²) in [6.07, 6.45) is 8.58. The second-order valence-electron chi connectivity index (χ2n) is 27.8. The Kier molecular flexibility index (Phi) is 38.0. The molecule has 11 amide bonds. The summed E-state index contributed by atoms with van der Waals surface area (Å²) in [6.45, 7) is 33.8. The second kappa shape index (κ2) is 40.8. The van der Waals surface area contributed by atoms with Crippen molar-refractivity contribution in [2.75, 3.05) is 55.9 Å². The summed E-state index contributed by atoms with van der Waals surface area (Å²) in [5, 5.41) is 23.1. The van der Waals surface area contributed by atoms with Crippen molar-refractivity contribution in [2.24, 2.45) is 41.4 Å². The van der Waals surface area contributed by atoms with Crippen molar-refractivity contribution in [2.45, 2.75) is 262 Å². The molecule has 1 aliphatic heterocycles. The molecular weight excluding hydrogens is 1160 g/mol. The highest BCUT2D eigenvalue weighted by Crippen LogP contribution is 2.26. The molecule has 1 fully saturated rings. The Morgan fingerprint density at radius 1 is 0.451 bits per heavy atom. The van der Waals surface area contributed by atoms with Gasteiger partial charge in [-0.2, -0.15) is 0 Å². The summed E-state index contributed by atoms with van der Waals surface area (Å²) < 4.78 is 0. The number of nitrogens with one attached hydrogen (secondary N) is 4. The summed E-state index contributed by atoms with van der Waals surface area (Å²) in [6, 6.07) is -12.3. The number of likely N-dealkylation sites (N-methyl/N-ethyl adjacent to an activating group) is 7. The molecule has 0 aromatic carbocycles. The van der Waals surface area contributed by atoms with Gasteiger partial charge in [-0.1, -0.05) is 149 Å². The van der Waals surface area contributed by atoms with Crippen molar-refractivity contribution in [1.82, 2.24) is 55.6 Å². The fourth-order valence-corrected chi connectivity index (χ4v) is 11.2. The van der Waals surface area contributed by atoms with Crippen LogP contribution in [0.25, 0.3) is 0 Å². The topological polar surface area (TPSA) is 279 Å². The van der Waals surface area contributed by atoms with E-state index in [-0.39, 0.29) is 55.8 Å². The molecule has 5 N–H and O–H groups in total. The first-order chi connectivity index (χ1) is 42.1. The first-order valence-corrected chi connectivity index (χ1v) is 33.5. The van der Waals surface area contributed by atoms with Crippen LogP contribution in [0.15, 0.2) is 12.2 Å². The van der Waals surface area contributed by atoms with E-state index >= 15 is 9.59 Å². The monoisotopic (exact) mass is 1290 g/mol. The number of carbonyl (C=O) groups is 11. The van der Waals surface area contributed by atoms with Crippen LogP contribution in [0.4, 0.5) is 0 Å². The van der Waals surface area contributed by atoms with Gasteiger partial charge in [0.05, 0.1) is 12.6 Å². The minimum atomic E-state index is -1.61. The fraction of sp³-hybridized carbons (Fsp3) is 0.809. The molecule has 0 saturated carbocycles. The van der Waals surface area contributed by atoms with E-state index in [0.717, 1.165) is 9.80 Å². The van der Waals surface area contributed by atoms with E-state index in [1.54, 1.807) is 54.5 Å². The van der Waals surface area contributed by atoms with E-state index in [2.05, 4.69) is 35.1 Å². The third kappa shape index (κ3) is 26.1. The number of aliphatic hydroxyl groups is 1. The average Bonchev–Trinajstić information content (AvgIpc) is 1.09. The van der Waals surface area contributed by atoms with Gasteiger partial charge in [-0.05, 0) is 101 Å². The van der Waals surface area contributed by atoms with Gasteiger partial charge in [0.1, 0.15) is 60.4 Å². The van der Waals surface area contributed by atoms with Crippen LogP contribution in [0.5, 0.6) is 0 Å². The molecular formula is C68H125N11O12. The molecule has 1 saturated heterocycles. The number of rotatable bonds is 18. The first kappa shape index (κ1) is 84.9. The molecule has 91 heavy (non-hydrogen) atoms. The van der Waals surface area contributed by atoms with Gasteiger partial charge in [-0.15, -0.1) is 0 Å². The van der Waals surface area contributed by atoms with E-state index < -0.39 is 156 Å². The number of aliphatic hydroxyl groups excluding tert-OH is 1. The Bertz CT molecular complexity index is 2390. The van der Waals surface area contributed by atoms with Gasteiger partial charge in [0.2, 0.25) is 65.0 Å². The van der Waals surface area contributed by atoms with Crippen molar-refractivity contribution in [3.05, 3.63) is 12.2 Å². The van der Waals surface area contributed by atoms with Gasteiger partial charge in [-0.3, -0.25) is 52.7 Å². The van der Waals surface area contributed by atoms with Crippen LogP contribution >= 0.6 is 0 Å². The van der Waals surface area contributed by atoms with E-state index in [4.69, 9.17) is 0 Å². The molecule has 23 nitrogen and oxygen atoms in total. The maximum absolute atomic E-state index is 15.1. The lowest BCUT2D eigenvalue weighted by Crippen LogP contribution is -2.63. The van der Waals surface area contributed by atoms with Gasteiger partial charge in [0, 0.05) is 49.3 Å². The molecule has 1 aliphatic rings. The van der Waals surface area contributed by atoms with Crippen LogP contribution in [0.1, 0.15) is 196 Å². The molecule has 0 radical (unpaired) electrons. The van der Waals surface area contributed by atoms with Crippen molar-refractivity contribution in [1.29, 1.82) is 0 Å². The Hall–Kier alpha value is -6.13. The smallest absolute Gasteiger partial charge is 0.246 e. The quantitative estimate of drug-likeness (QED) is 0.0798. The first-order valence-electron chi connectivity index (χ1n) is 33.5. The van der Waals surface area contributed by atoms with Gasteiger partial charge in [-0.25, -0.2) is 0 Å². The number of amides is 11. The lowest BCUT2D eigenvalue weighted by Gasteiger charge is -2.41. The van der Waals surface area contributed by atoms with Crippen LogP contribution in [0.3, 0.4) is 0 Å². The maximum Gasteiger partial charge on any atom is 0.246 e. The van der Waals surface area contributed by atoms with Crippen molar-refractivity contribution >= 4 is 65.0 Å². The summed E-state index contributed by atoms with van der Waals surface area (Å²) >= 11 is 0. The molecule has 0 aromatic rings. The normalized spacial score (nSPS) is 25.7. The molecule has 12 atom stereocenters. The number of carbonyl (C=O) groups excluding carboxylic acids is 11. The summed E-state index contributed by atoms with van der Waals surface area (Å²) in [5.74, 6) is -9.71. The minimum absolute atomic E-state index is 0.0229. The minimum Gasteiger partial charge on any atom is -0.390 e. The third-order valence-corrected chi connectivity index (χ3v) is 17.0. The molecule has 524 valence electrons. The van der Waals surface area contributed by atoms with Crippen LogP contribution in [0.2, 0.25) is 0 Å². The Labute approximate surface area is 548 Å². The van der Waals surface area contributed by atoms with Crippen molar-refractivity contribution in [3.8, 4) is 0 Å². The van der Waals surface area contributed by atoms with Crippen LogP contribution in [-0.4, -0.2) is 227 Å². The summed E-state index contributed by atoms with van der Waals surface area (Å²) in [4.78, 5) is 169. The van der Waals surface area contributed by atoms with Crippen molar-refractivity contribution < 1.29 is 57.8 Å². The van der Waals surface area contributed by atoms with Gasteiger partial charge < -0.3 is 60.7 Å². The van der Waals surface area contributed by atoms with Crippen LogP contribution in [0, 0.1) is 41.4 Å². The highest BCUT2D eigenvalue weighted by atomic mass is 16.3. The van der Waals surface area contributed by atoms with E-state index in [9.17, 15) is 48.3 Å². The Balaban J connectivity index is 0.0000128. The zero-order valence-corrected chi connectivity index (χ0v) is 60.9. The van der Waals surface area contributed by atoms with E-state index in [1.165, 1.54) is 113 Å². The van der Waals surface area contributed by atoms with Gasteiger partial charge in [0.25, 0.3) is 0 Å². The zero-order valence-electron chi connectivity index (χ0n) is 60.9. The molecule has 0 spiro atoms. The van der Waals surface area contributed by atoms with E-state index in [0.29, 0.717) is 6.42 Å². The molecule has 1 rings (SSSR count). The molecule has 0 bridgehead atoms. The standard InChI is InChI=1S/C62H111N11O12.C6H14/c1-25-27-28-40(15)52(75)51-56(79)65-43(26-2)58(81)67(18)33-48(74)68(19)44(29-34(3)4)55(78)66-49(38(11)12)61(84)69(20)45(30-35(5)6)54(77)63-41(16)53(76)64-42(17)57(80)70(21)46(31-36(7)8)59(82)71(22)47(32-37(9)10)60(83)72(23)50(39(13)14)62(85)73(51)24;1-3-5-6-4-2/h25,27,34-47,49-52,75H,26,28-33H2,1-24H3,(H,63,77)(H,64,76)(H,65,79)(H,66,78);3-6H2,1-2H3/b27-25+;/t40-,41+,42-,43+,44+,45+,46-,47?,49+,50+,51+,52+;/m1./s1. The number of nitrogens with zero attached hydrogens (tertiary/aromatic N) is 7. The fourth-order valence-electron chi connectivity index (χ4n) is 11.2. The number of unbranched alkanes of at least 4 members (excludes halogenated alkanes) is 3. The molecule has 1 unspecified atom stereocenters. The predicted octanol–water partition coefficient (Wildman–Crippen LogP) is 5.86. The second-order valence-corrected chi connectivity index (χ2v) is 27.8. The SMILES string of the molecule is C/C=C/C[C@@H](C)[C@H](O)[C@H]1C(=O)N[C@@H](CC)C(=O)N(C)CC(=O)N(C)[C@@H](CC(C)C)C(=O)N[C@@H](C(C)C)C(=O)N(C)[C@@H](CC(C)C)C(=O)N[C@@H](C)C(=O)N[C@H](C)C(=O)N(C)[C@H](CC(C)C)C(=O)N(C)C(CC(C)C)C(=O)N(C)[C@@H](C(C)C)C(=O)N1C.CCCCCC. The number of hydrogen-bond acceptors (Lipinski definition) is 12. The largest absolute Gasteiger partial charge is 0.390 e. The van der Waals surface area contributed by atoms with Crippen LogP contribution in [-0.2, 0) is 52.7 Å². The predicted molar refractivity (Wildman–Crippen MR) is 358 cm³/mol. The third-order valence-electron chi connectivity index (χ3n) is 17.0. The highest BCUT2D eigenvalue weighted by molar-refractivity contribution is 5.99. The zero-order chi connectivity index (χ0) is 70.8.